The molecule has 22 heavy (non-hydrogen) atoms. The van der Waals surface area contributed by atoms with E-state index in [9.17, 15) is 4.79 Å². The fourth-order valence-corrected chi connectivity index (χ4v) is 3.45. The molecule has 0 amide bonds. The van der Waals surface area contributed by atoms with Crippen LogP contribution in [-0.4, -0.2) is 20.3 Å². The first-order valence-electron chi connectivity index (χ1n) is 7.50. The summed E-state index contributed by atoms with van der Waals surface area (Å²) in [6.07, 6.45) is 4.91. The average Bonchev–Trinajstić information content (AvgIpc) is 2.80. The van der Waals surface area contributed by atoms with Gasteiger partial charge in [-0.1, -0.05) is 32.0 Å². The molecule has 0 radical (unpaired) electrons. The lowest BCUT2D eigenvalue weighted by molar-refractivity contribution is 0.0912. The summed E-state index contributed by atoms with van der Waals surface area (Å²) in [4.78, 5) is 21.5. The quantitative estimate of drug-likeness (QED) is 0.688. The van der Waals surface area contributed by atoms with E-state index in [0.717, 1.165) is 28.6 Å². The fraction of sp³-hybridized carbons (Fsp3) is 0.278. The highest BCUT2D eigenvalue weighted by molar-refractivity contribution is 6.11. The van der Waals surface area contributed by atoms with Crippen LogP contribution in [0.25, 0.3) is 16.9 Å². The molecule has 0 unspecified atom stereocenters. The number of aromatic nitrogens is 3. The van der Waals surface area contributed by atoms with Crippen LogP contribution in [-0.2, 0) is 6.42 Å². The maximum atomic E-state index is 12.7. The molecular weight excluding hydrogens is 274 g/mol. The van der Waals surface area contributed by atoms with Crippen molar-refractivity contribution in [1.82, 2.24) is 14.5 Å². The minimum Gasteiger partial charge on any atom is -0.294 e. The number of fused-ring (bicyclic) bond motifs is 3. The largest absolute Gasteiger partial charge is 0.294 e. The van der Waals surface area contributed by atoms with Gasteiger partial charge in [-0.2, -0.15) is 0 Å². The summed E-state index contributed by atoms with van der Waals surface area (Å²) in [5, 5.41) is 1.01. The van der Waals surface area contributed by atoms with Gasteiger partial charge in [0, 0.05) is 35.5 Å². The van der Waals surface area contributed by atoms with E-state index in [1.807, 2.05) is 28.8 Å². The summed E-state index contributed by atoms with van der Waals surface area (Å²) in [5.41, 5.74) is 2.85. The van der Waals surface area contributed by atoms with Crippen LogP contribution in [0.15, 0.2) is 42.7 Å². The molecule has 0 atom stereocenters. The number of hydrogen-bond donors (Lipinski definition) is 0. The number of ketones is 1. The monoisotopic (exact) mass is 291 g/mol. The molecule has 1 aliphatic carbocycles. The van der Waals surface area contributed by atoms with Crippen molar-refractivity contribution in [2.45, 2.75) is 26.7 Å². The van der Waals surface area contributed by atoms with Gasteiger partial charge in [0.05, 0.1) is 5.52 Å². The van der Waals surface area contributed by atoms with Crippen molar-refractivity contribution in [3.05, 3.63) is 54.0 Å². The van der Waals surface area contributed by atoms with Gasteiger partial charge in [-0.3, -0.25) is 9.36 Å². The number of nitrogens with zero attached hydrogens (tertiary/aromatic N) is 3. The van der Waals surface area contributed by atoms with Crippen molar-refractivity contribution < 1.29 is 4.79 Å². The minimum atomic E-state index is -0.0367. The Kier molecular flexibility index (Phi) is 2.70. The number of carbonyl (C=O) groups excluding carboxylic acids is 1. The van der Waals surface area contributed by atoms with Gasteiger partial charge in [-0.25, -0.2) is 9.97 Å². The van der Waals surface area contributed by atoms with E-state index in [2.05, 4.69) is 23.8 Å². The molecule has 110 valence electrons. The zero-order valence-electron chi connectivity index (χ0n) is 12.7. The second-order valence-electron chi connectivity index (χ2n) is 6.66. The van der Waals surface area contributed by atoms with Crippen LogP contribution in [0.1, 0.15) is 36.3 Å². The van der Waals surface area contributed by atoms with E-state index in [0.29, 0.717) is 12.4 Å². The van der Waals surface area contributed by atoms with Gasteiger partial charge in [0.1, 0.15) is 0 Å². The standard InChI is InChI=1S/C18H17N3O/c1-18(2)10-14-16(15(22)11-18)12-6-3-4-7-13(12)21(14)17-19-8-5-9-20-17/h3-9H,10-11H2,1-2H3. The van der Waals surface area contributed by atoms with Gasteiger partial charge in [0.2, 0.25) is 5.95 Å². The number of hydrogen-bond acceptors (Lipinski definition) is 3. The smallest absolute Gasteiger partial charge is 0.234 e. The molecule has 0 N–H and O–H groups in total. The Morgan fingerprint density at radius 2 is 1.77 bits per heavy atom. The maximum Gasteiger partial charge on any atom is 0.234 e. The first-order chi connectivity index (χ1) is 10.6. The fourth-order valence-electron chi connectivity index (χ4n) is 3.45. The molecule has 4 nitrogen and oxygen atoms in total. The van der Waals surface area contributed by atoms with Crippen LogP contribution in [0, 0.1) is 5.41 Å². The Bertz CT molecular complexity index is 878. The molecule has 2 aromatic heterocycles. The van der Waals surface area contributed by atoms with E-state index < -0.39 is 0 Å². The van der Waals surface area contributed by atoms with Gasteiger partial charge >= 0.3 is 0 Å². The summed E-state index contributed by atoms with van der Waals surface area (Å²) in [6, 6.07) is 9.82. The van der Waals surface area contributed by atoms with Gasteiger partial charge in [-0.15, -0.1) is 0 Å². The van der Waals surface area contributed by atoms with E-state index in [1.54, 1.807) is 18.5 Å². The number of Topliss-reactive ketones (excluding diaryl/α,β-unsaturated/α-hetero) is 1. The Balaban J connectivity index is 2.11. The second kappa shape index (κ2) is 4.50. The molecule has 4 heteroatoms. The van der Waals surface area contributed by atoms with E-state index >= 15 is 0 Å². The maximum absolute atomic E-state index is 12.7. The zero-order chi connectivity index (χ0) is 15.3. The topological polar surface area (TPSA) is 47.8 Å². The van der Waals surface area contributed by atoms with Crippen LogP contribution < -0.4 is 0 Å². The summed E-state index contributed by atoms with van der Waals surface area (Å²) in [6.45, 7) is 4.28. The molecule has 2 heterocycles. The highest BCUT2D eigenvalue weighted by Gasteiger charge is 2.36. The van der Waals surface area contributed by atoms with E-state index in [4.69, 9.17) is 0 Å². The third-order valence-corrected chi connectivity index (χ3v) is 4.29. The molecule has 1 aromatic carbocycles. The summed E-state index contributed by atoms with van der Waals surface area (Å²) >= 11 is 0. The second-order valence-corrected chi connectivity index (χ2v) is 6.66. The predicted molar refractivity (Wildman–Crippen MR) is 85.3 cm³/mol. The average molecular weight is 291 g/mol. The number of carbonyl (C=O) groups is 1. The zero-order valence-corrected chi connectivity index (χ0v) is 12.7. The third-order valence-electron chi connectivity index (χ3n) is 4.29. The Morgan fingerprint density at radius 1 is 1.05 bits per heavy atom. The lowest BCUT2D eigenvalue weighted by Gasteiger charge is -2.29. The number of para-hydroxylation sites is 1. The molecule has 1 aliphatic rings. The number of rotatable bonds is 1. The molecule has 4 rings (SSSR count). The highest BCUT2D eigenvalue weighted by Crippen LogP contribution is 2.40. The molecule has 0 spiro atoms. The first-order valence-corrected chi connectivity index (χ1v) is 7.50. The lowest BCUT2D eigenvalue weighted by Crippen LogP contribution is -2.28. The molecular formula is C18H17N3O. The Morgan fingerprint density at radius 3 is 2.55 bits per heavy atom. The van der Waals surface area contributed by atoms with E-state index in [1.165, 1.54) is 0 Å². The highest BCUT2D eigenvalue weighted by atomic mass is 16.1. The predicted octanol–water partition coefficient (Wildman–Crippen LogP) is 3.58. The molecule has 0 saturated carbocycles. The van der Waals surface area contributed by atoms with Crippen LogP contribution >= 0.6 is 0 Å². The number of benzene rings is 1. The summed E-state index contributed by atoms with van der Waals surface area (Å²) in [7, 11) is 0. The Labute approximate surface area is 128 Å². The normalized spacial score (nSPS) is 16.7. The van der Waals surface area contributed by atoms with Crippen LogP contribution in [0.3, 0.4) is 0 Å². The van der Waals surface area contributed by atoms with Crippen molar-refractivity contribution in [3.8, 4) is 5.95 Å². The lowest BCUT2D eigenvalue weighted by atomic mass is 9.76. The third kappa shape index (κ3) is 1.87. The summed E-state index contributed by atoms with van der Waals surface area (Å²) < 4.78 is 2.05. The van der Waals surface area contributed by atoms with Gasteiger partial charge in [-0.05, 0) is 24.0 Å². The SMILES string of the molecule is CC1(C)CC(=O)c2c(n(-c3ncccn3)c3ccccc23)C1. The summed E-state index contributed by atoms with van der Waals surface area (Å²) in [5.74, 6) is 0.850. The van der Waals surface area contributed by atoms with E-state index in [-0.39, 0.29) is 11.2 Å². The van der Waals surface area contributed by atoms with Crippen LogP contribution in [0.5, 0.6) is 0 Å². The molecule has 3 aromatic rings. The minimum absolute atomic E-state index is 0.0367. The van der Waals surface area contributed by atoms with Crippen molar-refractivity contribution >= 4 is 16.7 Å². The van der Waals surface area contributed by atoms with Gasteiger partial charge in [0.15, 0.2) is 5.78 Å². The molecule has 0 aliphatic heterocycles. The first kappa shape index (κ1) is 13.2. The van der Waals surface area contributed by atoms with Crippen LogP contribution in [0.4, 0.5) is 0 Å². The van der Waals surface area contributed by atoms with Crippen molar-refractivity contribution in [1.29, 1.82) is 0 Å². The van der Waals surface area contributed by atoms with Gasteiger partial charge < -0.3 is 0 Å². The Hall–Kier alpha value is -2.49. The van der Waals surface area contributed by atoms with Crippen molar-refractivity contribution in [3.63, 3.8) is 0 Å². The van der Waals surface area contributed by atoms with Crippen molar-refractivity contribution in [2.75, 3.05) is 0 Å². The molecule has 0 fully saturated rings. The molecule has 0 saturated heterocycles. The van der Waals surface area contributed by atoms with Gasteiger partial charge in [0.25, 0.3) is 0 Å². The molecule has 0 bridgehead atoms. The van der Waals surface area contributed by atoms with Crippen LogP contribution in [0.2, 0.25) is 0 Å². The van der Waals surface area contributed by atoms with Crippen molar-refractivity contribution in [2.24, 2.45) is 5.41 Å².